The number of nitrogens with zero attached hydrogens (tertiary/aromatic N) is 1. The molecule has 1 saturated carbocycles. The highest BCUT2D eigenvalue weighted by Crippen LogP contribution is 2.37. The number of piperidine rings is 1. The average molecular weight is 259 g/mol. The third-order valence-corrected chi connectivity index (χ3v) is 5.03. The summed E-state index contributed by atoms with van der Waals surface area (Å²) in [5, 5.41) is 9.57. The van der Waals surface area contributed by atoms with Gasteiger partial charge in [-0.25, -0.2) is 0 Å². The molecule has 0 aromatic heterocycles. The summed E-state index contributed by atoms with van der Waals surface area (Å²) >= 11 is 0. The summed E-state index contributed by atoms with van der Waals surface area (Å²) in [4.78, 5) is 2.54. The lowest BCUT2D eigenvalue weighted by Crippen LogP contribution is -2.41. The fourth-order valence-corrected chi connectivity index (χ4v) is 3.80. The van der Waals surface area contributed by atoms with Gasteiger partial charge in [0.25, 0.3) is 0 Å². The van der Waals surface area contributed by atoms with E-state index in [4.69, 9.17) is 0 Å². The van der Waals surface area contributed by atoms with Crippen LogP contribution in [0.2, 0.25) is 0 Å². The van der Waals surface area contributed by atoms with Gasteiger partial charge in [0.15, 0.2) is 0 Å². The lowest BCUT2D eigenvalue weighted by molar-refractivity contribution is 0.199. The second-order valence-electron chi connectivity index (χ2n) is 6.31. The van der Waals surface area contributed by atoms with Crippen molar-refractivity contribution in [2.24, 2.45) is 11.8 Å². The predicted molar refractivity (Wildman–Crippen MR) is 79.4 cm³/mol. The van der Waals surface area contributed by atoms with Crippen LogP contribution in [0.15, 0.2) is 24.3 Å². The van der Waals surface area contributed by atoms with E-state index in [2.05, 4.69) is 29.2 Å². The molecule has 1 saturated heterocycles. The van der Waals surface area contributed by atoms with Gasteiger partial charge in [-0.2, -0.15) is 0 Å². The van der Waals surface area contributed by atoms with Gasteiger partial charge in [-0.05, 0) is 49.3 Å². The summed E-state index contributed by atoms with van der Waals surface area (Å²) < 4.78 is 0. The Morgan fingerprint density at radius 3 is 2.42 bits per heavy atom. The van der Waals surface area contributed by atoms with Crippen LogP contribution in [-0.4, -0.2) is 18.2 Å². The highest BCUT2D eigenvalue weighted by Gasteiger charge is 2.31. The number of aliphatic hydroxyl groups excluding tert-OH is 1. The van der Waals surface area contributed by atoms with E-state index in [1.54, 1.807) is 0 Å². The van der Waals surface area contributed by atoms with Gasteiger partial charge in [0.2, 0.25) is 0 Å². The summed E-state index contributed by atoms with van der Waals surface area (Å²) in [6.07, 6.45) is 6.76. The normalized spacial score (nSPS) is 28.8. The maximum absolute atomic E-state index is 9.57. The first-order valence-electron chi connectivity index (χ1n) is 7.77. The molecule has 0 bridgehead atoms. The molecule has 1 aromatic carbocycles. The number of rotatable bonds is 2. The van der Waals surface area contributed by atoms with E-state index in [0.717, 1.165) is 17.4 Å². The van der Waals surface area contributed by atoms with Crippen LogP contribution in [-0.2, 0) is 0 Å². The van der Waals surface area contributed by atoms with Crippen molar-refractivity contribution in [1.82, 2.24) is 0 Å². The molecule has 3 atom stereocenters. The zero-order valence-corrected chi connectivity index (χ0v) is 11.9. The highest BCUT2D eigenvalue weighted by molar-refractivity contribution is 5.48. The van der Waals surface area contributed by atoms with Gasteiger partial charge in [0.05, 0.1) is 6.10 Å². The number of hydrogen-bond acceptors (Lipinski definition) is 2. The SMILES string of the molecule is C[C@@H](O)c1ccc(N2CCC3CCCCC3C2)cc1. The van der Waals surface area contributed by atoms with Crippen molar-refractivity contribution in [2.75, 3.05) is 18.0 Å². The lowest BCUT2D eigenvalue weighted by Gasteiger charge is -2.42. The molecule has 2 fully saturated rings. The summed E-state index contributed by atoms with van der Waals surface area (Å²) in [7, 11) is 0. The molecule has 104 valence electrons. The van der Waals surface area contributed by atoms with Crippen LogP contribution in [0.3, 0.4) is 0 Å². The Balaban J connectivity index is 1.69. The van der Waals surface area contributed by atoms with Crippen molar-refractivity contribution in [2.45, 2.75) is 45.1 Å². The molecule has 0 spiro atoms. The van der Waals surface area contributed by atoms with E-state index >= 15 is 0 Å². The fraction of sp³-hybridized carbons (Fsp3) is 0.647. The quantitative estimate of drug-likeness (QED) is 0.874. The van der Waals surface area contributed by atoms with Crippen LogP contribution in [0, 0.1) is 11.8 Å². The van der Waals surface area contributed by atoms with Crippen molar-refractivity contribution < 1.29 is 5.11 Å². The Hall–Kier alpha value is -1.02. The Morgan fingerprint density at radius 1 is 1.05 bits per heavy atom. The van der Waals surface area contributed by atoms with Crippen LogP contribution in [0.5, 0.6) is 0 Å². The van der Waals surface area contributed by atoms with E-state index in [9.17, 15) is 5.11 Å². The molecule has 1 heterocycles. The topological polar surface area (TPSA) is 23.5 Å². The van der Waals surface area contributed by atoms with Crippen LogP contribution in [0.4, 0.5) is 5.69 Å². The van der Waals surface area contributed by atoms with Crippen LogP contribution in [0.25, 0.3) is 0 Å². The molecule has 2 aliphatic rings. The molecule has 3 rings (SSSR count). The van der Waals surface area contributed by atoms with Gasteiger partial charge in [-0.15, -0.1) is 0 Å². The Bertz CT molecular complexity index is 412. The van der Waals surface area contributed by atoms with Crippen molar-refractivity contribution in [3.63, 3.8) is 0 Å². The summed E-state index contributed by atoms with van der Waals surface area (Å²) in [5.74, 6) is 1.90. The van der Waals surface area contributed by atoms with E-state index in [1.807, 2.05) is 6.92 Å². The van der Waals surface area contributed by atoms with E-state index < -0.39 is 0 Å². The molecule has 19 heavy (non-hydrogen) atoms. The third kappa shape index (κ3) is 2.79. The lowest BCUT2D eigenvalue weighted by atomic mass is 9.75. The first kappa shape index (κ1) is 13.0. The van der Waals surface area contributed by atoms with E-state index in [0.29, 0.717) is 0 Å². The minimum absolute atomic E-state index is 0.363. The van der Waals surface area contributed by atoms with Crippen molar-refractivity contribution in [3.05, 3.63) is 29.8 Å². The molecule has 1 N–H and O–H groups in total. The van der Waals surface area contributed by atoms with Gasteiger partial charge < -0.3 is 10.0 Å². The minimum Gasteiger partial charge on any atom is -0.389 e. The zero-order valence-electron chi connectivity index (χ0n) is 11.9. The molecule has 0 radical (unpaired) electrons. The predicted octanol–water partition coefficient (Wildman–Crippen LogP) is 3.76. The first-order chi connectivity index (χ1) is 9.24. The maximum Gasteiger partial charge on any atom is 0.0761 e. The van der Waals surface area contributed by atoms with Crippen LogP contribution < -0.4 is 4.90 Å². The third-order valence-electron chi connectivity index (χ3n) is 5.03. The highest BCUT2D eigenvalue weighted by atomic mass is 16.3. The molecule has 2 unspecified atom stereocenters. The number of fused-ring (bicyclic) bond motifs is 1. The second kappa shape index (κ2) is 5.54. The Morgan fingerprint density at radius 2 is 1.74 bits per heavy atom. The Kier molecular flexibility index (Phi) is 3.79. The molecule has 0 amide bonds. The average Bonchev–Trinajstić information content (AvgIpc) is 2.47. The van der Waals surface area contributed by atoms with Gasteiger partial charge in [-0.1, -0.05) is 31.4 Å². The fourth-order valence-electron chi connectivity index (χ4n) is 3.80. The molecule has 1 aliphatic heterocycles. The monoisotopic (exact) mass is 259 g/mol. The van der Waals surface area contributed by atoms with Crippen molar-refractivity contribution >= 4 is 5.69 Å². The number of anilines is 1. The number of aliphatic hydroxyl groups is 1. The first-order valence-corrected chi connectivity index (χ1v) is 7.77. The molecule has 1 aliphatic carbocycles. The maximum atomic E-state index is 9.57. The summed E-state index contributed by atoms with van der Waals surface area (Å²) in [6, 6.07) is 8.47. The van der Waals surface area contributed by atoms with Crippen LogP contribution >= 0.6 is 0 Å². The molecular formula is C17H25NO. The van der Waals surface area contributed by atoms with Gasteiger partial charge in [0, 0.05) is 18.8 Å². The van der Waals surface area contributed by atoms with E-state index in [-0.39, 0.29) is 6.10 Å². The Labute approximate surface area is 116 Å². The smallest absolute Gasteiger partial charge is 0.0761 e. The molecular weight excluding hydrogens is 234 g/mol. The zero-order chi connectivity index (χ0) is 13.2. The minimum atomic E-state index is -0.363. The van der Waals surface area contributed by atoms with Gasteiger partial charge in [-0.3, -0.25) is 0 Å². The summed E-state index contributed by atoms with van der Waals surface area (Å²) in [6.45, 7) is 4.26. The second-order valence-corrected chi connectivity index (χ2v) is 6.31. The van der Waals surface area contributed by atoms with Gasteiger partial charge in [0.1, 0.15) is 0 Å². The van der Waals surface area contributed by atoms with Crippen molar-refractivity contribution in [1.29, 1.82) is 0 Å². The largest absolute Gasteiger partial charge is 0.389 e. The molecule has 2 heteroatoms. The van der Waals surface area contributed by atoms with E-state index in [1.165, 1.54) is 50.9 Å². The summed E-state index contributed by atoms with van der Waals surface area (Å²) in [5.41, 5.74) is 2.34. The van der Waals surface area contributed by atoms with Crippen molar-refractivity contribution in [3.8, 4) is 0 Å². The van der Waals surface area contributed by atoms with Gasteiger partial charge >= 0.3 is 0 Å². The standard InChI is InChI=1S/C17H25NO/c1-13(19)14-6-8-17(9-7-14)18-11-10-15-4-2-3-5-16(15)12-18/h6-9,13,15-16,19H,2-5,10-12H2,1H3/t13-,15?,16?/m1/s1. The number of hydrogen-bond donors (Lipinski definition) is 1. The molecule has 1 aromatic rings. The number of benzene rings is 1. The van der Waals surface area contributed by atoms with Crippen LogP contribution in [0.1, 0.15) is 50.7 Å². The molecule has 2 nitrogen and oxygen atoms in total.